The molecule has 8 nitrogen and oxygen atoms in total. The van der Waals surface area contributed by atoms with Crippen molar-refractivity contribution in [2.45, 2.75) is 6.92 Å². The van der Waals surface area contributed by atoms with Gasteiger partial charge in [0.25, 0.3) is 11.8 Å². The van der Waals surface area contributed by atoms with Crippen LogP contribution >= 0.6 is 11.8 Å². The van der Waals surface area contributed by atoms with Gasteiger partial charge in [-0.05, 0) is 36.9 Å². The number of aromatic nitrogens is 1. The van der Waals surface area contributed by atoms with Gasteiger partial charge in [0.2, 0.25) is 0 Å². The summed E-state index contributed by atoms with van der Waals surface area (Å²) in [7, 11) is 0. The first-order chi connectivity index (χ1) is 14.0. The fraction of sp³-hybridized carbons (Fsp3) is 0.150. The number of hydrogen-bond acceptors (Lipinski definition) is 6. The number of carbonyl (C=O) groups excluding carboxylic acids is 2. The monoisotopic (exact) mass is 408 g/mol. The first-order valence-corrected chi connectivity index (χ1v) is 9.68. The Morgan fingerprint density at radius 3 is 2.62 bits per heavy atom. The van der Waals surface area contributed by atoms with Crippen molar-refractivity contribution >= 4 is 51.7 Å². The predicted octanol–water partition coefficient (Wildman–Crippen LogP) is 2.51. The van der Waals surface area contributed by atoms with E-state index >= 15 is 0 Å². The molecule has 1 fully saturated rings. The lowest BCUT2D eigenvalue weighted by Crippen LogP contribution is -2.33. The van der Waals surface area contributed by atoms with Crippen LogP contribution in [0, 0.1) is 0 Å². The minimum atomic E-state index is -1.13. The maximum atomic E-state index is 13.1. The third-order valence-electron chi connectivity index (χ3n) is 4.49. The molecule has 4 rings (SSSR count). The van der Waals surface area contributed by atoms with Crippen molar-refractivity contribution in [3.63, 3.8) is 0 Å². The van der Waals surface area contributed by atoms with E-state index in [1.54, 1.807) is 48.8 Å². The van der Waals surface area contributed by atoms with Gasteiger partial charge in [0, 0.05) is 18.3 Å². The van der Waals surface area contributed by atoms with Crippen molar-refractivity contribution in [3.8, 4) is 0 Å². The number of benzene rings is 1. The van der Waals surface area contributed by atoms with Crippen LogP contribution in [0.1, 0.15) is 12.5 Å². The van der Waals surface area contributed by atoms with Gasteiger partial charge in [-0.1, -0.05) is 18.2 Å². The minimum absolute atomic E-state index is 0.215. The first kappa shape index (κ1) is 18.9. The third-order valence-corrected chi connectivity index (χ3v) is 5.57. The van der Waals surface area contributed by atoms with E-state index in [2.05, 4.69) is 9.98 Å². The van der Waals surface area contributed by atoms with Crippen molar-refractivity contribution in [1.29, 1.82) is 0 Å². The lowest BCUT2D eigenvalue weighted by atomic mass is 10.1. The molecule has 29 heavy (non-hydrogen) atoms. The Kier molecular flexibility index (Phi) is 4.89. The van der Waals surface area contributed by atoms with Gasteiger partial charge in [-0.3, -0.25) is 29.2 Å². The number of aliphatic imine (C=N–C) groups is 1. The number of para-hydroxylation sites is 1. The SMILES string of the molecule is CCN1C(=O)/C(=C2/C(=O)N(CC(=O)O)c3ccccc32)SC1=Nc1cccnc1. The van der Waals surface area contributed by atoms with Crippen LogP contribution in [0.15, 0.2) is 58.7 Å². The second-order valence-electron chi connectivity index (χ2n) is 6.26. The highest BCUT2D eigenvalue weighted by molar-refractivity contribution is 8.18. The Hall–Kier alpha value is -3.46. The van der Waals surface area contributed by atoms with Crippen molar-refractivity contribution in [2.24, 2.45) is 4.99 Å². The van der Waals surface area contributed by atoms with Crippen LogP contribution in [0.4, 0.5) is 11.4 Å². The molecule has 1 aromatic carbocycles. The molecule has 2 aromatic rings. The summed E-state index contributed by atoms with van der Waals surface area (Å²) in [6.07, 6.45) is 3.22. The van der Waals surface area contributed by atoms with Crippen LogP contribution in [-0.2, 0) is 14.4 Å². The molecule has 9 heteroatoms. The maximum absolute atomic E-state index is 13.1. The van der Waals surface area contributed by atoms with E-state index in [1.807, 2.05) is 6.92 Å². The zero-order chi connectivity index (χ0) is 20.5. The Balaban J connectivity index is 1.82. The molecule has 3 heterocycles. The molecule has 146 valence electrons. The number of likely N-dealkylation sites (N-methyl/N-ethyl adjacent to an activating group) is 1. The number of amidine groups is 1. The van der Waals surface area contributed by atoms with E-state index in [-0.39, 0.29) is 16.4 Å². The smallest absolute Gasteiger partial charge is 0.323 e. The molecule has 2 aliphatic rings. The zero-order valence-electron chi connectivity index (χ0n) is 15.4. The Morgan fingerprint density at radius 2 is 1.93 bits per heavy atom. The fourth-order valence-corrected chi connectivity index (χ4v) is 4.39. The van der Waals surface area contributed by atoms with E-state index in [1.165, 1.54) is 9.80 Å². The van der Waals surface area contributed by atoms with Gasteiger partial charge >= 0.3 is 5.97 Å². The molecule has 2 aliphatic heterocycles. The number of fused-ring (bicyclic) bond motifs is 1. The summed E-state index contributed by atoms with van der Waals surface area (Å²) in [5, 5.41) is 9.65. The number of carbonyl (C=O) groups is 3. The van der Waals surface area contributed by atoms with Crippen LogP contribution in [0.25, 0.3) is 5.57 Å². The molecule has 0 atom stereocenters. The van der Waals surface area contributed by atoms with Gasteiger partial charge in [0.15, 0.2) is 5.17 Å². The Bertz CT molecular complexity index is 1080. The van der Waals surface area contributed by atoms with Crippen LogP contribution in [0.3, 0.4) is 0 Å². The van der Waals surface area contributed by atoms with Gasteiger partial charge in [-0.25, -0.2) is 4.99 Å². The number of carboxylic acids is 1. The highest BCUT2D eigenvalue weighted by atomic mass is 32.2. The number of rotatable bonds is 4. The topological polar surface area (TPSA) is 103 Å². The number of hydrogen-bond donors (Lipinski definition) is 1. The number of amides is 2. The summed E-state index contributed by atoms with van der Waals surface area (Å²) >= 11 is 1.12. The highest BCUT2D eigenvalue weighted by Crippen LogP contribution is 2.44. The summed E-state index contributed by atoms with van der Waals surface area (Å²) in [5.41, 5.74) is 1.84. The van der Waals surface area contributed by atoms with E-state index in [0.29, 0.717) is 28.7 Å². The highest BCUT2D eigenvalue weighted by Gasteiger charge is 2.42. The molecule has 0 spiro atoms. The summed E-state index contributed by atoms with van der Waals surface area (Å²) in [6, 6.07) is 10.4. The molecule has 1 saturated heterocycles. The largest absolute Gasteiger partial charge is 0.480 e. The van der Waals surface area contributed by atoms with Crippen LogP contribution in [-0.4, -0.2) is 51.0 Å². The fourth-order valence-electron chi connectivity index (χ4n) is 3.24. The number of thioether (sulfide) groups is 1. The van der Waals surface area contributed by atoms with Crippen LogP contribution in [0.5, 0.6) is 0 Å². The summed E-state index contributed by atoms with van der Waals surface area (Å²) in [6.45, 7) is 1.74. The molecule has 0 saturated carbocycles. The molecule has 0 bridgehead atoms. The van der Waals surface area contributed by atoms with Crippen LogP contribution < -0.4 is 4.90 Å². The summed E-state index contributed by atoms with van der Waals surface area (Å²) < 4.78 is 0. The maximum Gasteiger partial charge on any atom is 0.323 e. The van der Waals surface area contributed by atoms with Gasteiger partial charge < -0.3 is 5.11 Å². The zero-order valence-corrected chi connectivity index (χ0v) is 16.2. The molecule has 1 aromatic heterocycles. The Labute approximate surface area is 170 Å². The third kappa shape index (κ3) is 3.29. The standard InChI is InChI=1S/C20H16N4O4S/c1-2-23-19(28)17(29-20(23)22-12-6-5-9-21-10-12)16-13-7-3-4-8-14(13)24(18(16)27)11-15(25)26/h3-10H,2,11H2,1H3,(H,25,26)/b17-16-,22-20?. The molecule has 0 unspecified atom stereocenters. The summed E-state index contributed by atoms with van der Waals surface area (Å²) in [5.74, 6) is -1.95. The lowest BCUT2D eigenvalue weighted by molar-refractivity contribution is -0.136. The average molecular weight is 408 g/mol. The van der Waals surface area contributed by atoms with Gasteiger partial charge in [0.05, 0.1) is 28.0 Å². The molecular formula is C20H16N4O4S. The van der Waals surface area contributed by atoms with Crippen molar-refractivity contribution in [2.75, 3.05) is 18.0 Å². The van der Waals surface area contributed by atoms with Crippen molar-refractivity contribution in [1.82, 2.24) is 9.88 Å². The molecule has 1 N–H and O–H groups in total. The molecule has 0 radical (unpaired) electrons. The lowest BCUT2D eigenvalue weighted by Gasteiger charge is -2.13. The van der Waals surface area contributed by atoms with E-state index in [9.17, 15) is 19.5 Å². The minimum Gasteiger partial charge on any atom is -0.480 e. The molecule has 2 amide bonds. The second kappa shape index (κ2) is 7.51. The van der Waals surface area contributed by atoms with Crippen LogP contribution in [0.2, 0.25) is 0 Å². The number of nitrogens with zero attached hydrogens (tertiary/aromatic N) is 4. The van der Waals surface area contributed by atoms with E-state index < -0.39 is 18.4 Å². The molecule has 0 aliphatic carbocycles. The van der Waals surface area contributed by atoms with Gasteiger partial charge in [0.1, 0.15) is 6.54 Å². The average Bonchev–Trinajstić information content (AvgIpc) is 3.16. The Morgan fingerprint density at radius 1 is 1.14 bits per heavy atom. The number of aliphatic carboxylic acids is 1. The van der Waals surface area contributed by atoms with E-state index in [4.69, 9.17) is 0 Å². The van der Waals surface area contributed by atoms with Gasteiger partial charge in [-0.2, -0.15) is 0 Å². The first-order valence-electron chi connectivity index (χ1n) is 8.87. The predicted molar refractivity (Wildman–Crippen MR) is 110 cm³/mol. The second-order valence-corrected chi connectivity index (χ2v) is 7.24. The normalized spacial score (nSPS) is 20.0. The summed E-state index contributed by atoms with van der Waals surface area (Å²) in [4.78, 5) is 48.8. The van der Waals surface area contributed by atoms with Gasteiger partial charge in [-0.15, -0.1) is 0 Å². The molecular weight excluding hydrogens is 392 g/mol. The number of pyridine rings is 1. The van der Waals surface area contributed by atoms with Crippen molar-refractivity contribution in [3.05, 3.63) is 59.3 Å². The van der Waals surface area contributed by atoms with E-state index in [0.717, 1.165) is 11.8 Å². The number of anilines is 1. The van der Waals surface area contributed by atoms with Crippen molar-refractivity contribution < 1.29 is 19.5 Å². The quantitative estimate of drug-likeness (QED) is 0.780. The number of carboxylic acid groups (broad SMARTS) is 1.